The van der Waals surface area contributed by atoms with Gasteiger partial charge in [-0.2, -0.15) is 0 Å². The van der Waals surface area contributed by atoms with Gasteiger partial charge in [0.25, 0.3) is 23.6 Å². The second-order valence-electron chi connectivity index (χ2n) is 9.00. The Morgan fingerprint density at radius 3 is 1.59 bits per heavy atom. The minimum Gasteiger partial charge on any atom is -0.481 e. The number of hydrogen-bond acceptors (Lipinski definition) is 6. The van der Waals surface area contributed by atoms with Crippen molar-refractivity contribution in [3.05, 3.63) is 76.3 Å². The third-order valence-electron chi connectivity index (χ3n) is 6.66. The molecule has 10 heteroatoms. The van der Waals surface area contributed by atoms with Gasteiger partial charge in [0.2, 0.25) is 0 Å². The first-order valence-electron chi connectivity index (χ1n) is 11.5. The molecule has 0 spiro atoms. The van der Waals surface area contributed by atoms with Gasteiger partial charge in [-0.15, -0.1) is 0 Å². The van der Waals surface area contributed by atoms with E-state index in [9.17, 15) is 28.8 Å². The zero-order chi connectivity index (χ0) is 26.6. The highest BCUT2D eigenvalue weighted by atomic mass is 16.4. The molecular formula is C27H20N2O8. The lowest BCUT2D eigenvalue weighted by molar-refractivity contribution is -0.138. The first-order valence-corrected chi connectivity index (χ1v) is 11.5. The van der Waals surface area contributed by atoms with Crippen LogP contribution < -0.4 is 4.90 Å². The van der Waals surface area contributed by atoms with Crippen molar-refractivity contribution in [2.24, 2.45) is 0 Å². The molecule has 3 aromatic carbocycles. The number of rotatable bonds is 7. The number of imide groups is 2. The normalized spacial score (nSPS) is 15.4. The molecule has 0 aromatic heterocycles. The molecule has 2 N–H and O–H groups in total. The lowest BCUT2D eigenvalue weighted by atomic mass is 9.85. The van der Waals surface area contributed by atoms with Crippen LogP contribution in [0.25, 0.3) is 10.8 Å². The van der Waals surface area contributed by atoms with Gasteiger partial charge in [-0.05, 0) is 55.3 Å². The average molecular weight is 500 g/mol. The molecule has 4 amide bonds. The summed E-state index contributed by atoms with van der Waals surface area (Å²) in [7, 11) is 0. The van der Waals surface area contributed by atoms with E-state index in [1.807, 2.05) is 0 Å². The molecule has 0 fully saturated rings. The highest BCUT2D eigenvalue weighted by molar-refractivity contribution is 6.39. The molecule has 10 nitrogen and oxygen atoms in total. The van der Waals surface area contributed by atoms with Crippen LogP contribution in [0.3, 0.4) is 0 Å². The maximum absolute atomic E-state index is 13.5. The fourth-order valence-electron chi connectivity index (χ4n) is 4.94. The SMILES string of the molecule is CC(CC(=O)O)N1C(=O)c2ccc3c4c(ccc(c24)C1=O)C(=O)N(c1ccc(CCC(=O)O)cc1)C3=O. The van der Waals surface area contributed by atoms with Gasteiger partial charge in [-0.25, -0.2) is 4.90 Å². The molecule has 2 aliphatic rings. The largest absolute Gasteiger partial charge is 0.481 e. The van der Waals surface area contributed by atoms with Gasteiger partial charge in [-0.1, -0.05) is 12.1 Å². The van der Waals surface area contributed by atoms with Gasteiger partial charge < -0.3 is 10.2 Å². The minimum absolute atomic E-state index is 0.0507. The van der Waals surface area contributed by atoms with E-state index >= 15 is 0 Å². The Bertz CT molecular complexity index is 1490. The Kier molecular flexibility index (Phi) is 5.59. The highest BCUT2D eigenvalue weighted by Crippen LogP contribution is 2.39. The topological polar surface area (TPSA) is 149 Å². The molecule has 37 heavy (non-hydrogen) atoms. The summed E-state index contributed by atoms with van der Waals surface area (Å²) in [6.07, 6.45) is -0.173. The Labute approximate surface area is 209 Å². The van der Waals surface area contributed by atoms with Crippen LogP contribution in [0.15, 0.2) is 48.5 Å². The summed E-state index contributed by atoms with van der Waals surface area (Å²) in [5.41, 5.74) is 1.57. The highest BCUT2D eigenvalue weighted by Gasteiger charge is 2.41. The van der Waals surface area contributed by atoms with E-state index in [2.05, 4.69) is 0 Å². The molecule has 0 saturated heterocycles. The monoisotopic (exact) mass is 500 g/mol. The van der Waals surface area contributed by atoms with E-state index in [0.717, 1.165) is 15.4 Å². The Balaban J connectivity index is 1.57. The summed E-state index contributed by atoms with van der Waals surface area (Å²) in [6, 6.07) is 11.2. The Morgan fingerprint density at radius 1 is 0.703 bits per heavy atom. The number of carboxylic acid groups (broad SMARTS) is 2. The van der Waals surface area contributed by atoms with Crippen molar-refractivity contribution in [3.63, 3.8) is 0 Å². The van der Waals surface area contributed by atoms with E-state index in [1.54, 1.807) is 24.3 Å². The maximum Gasteiger partial charge on any atom is 0.305 e. The van der Waals surface area contributed by atoms with Crippen LogP contribution >= 0.6 is 0 Å². The van der Waals surface area contributed by atoms with Gasteiger partial charge in [0.15, 0.2) is 0 Å². The summed E-state index contributed by atoms with van der Waals surface area (Å²) < 4.78 is 0. The maximum atomic E-state index is 13.5. The third kappa shape index (κ3) is 3.74. The molecule has 0 bridgehead atoms. The number of carboxylic acids is 2. The van der Waals surface area contributed by atoms with Gasteiger partial charge in [0, 0.05) is 45.5 Å². The number of carbonyl (C=O) groups is 6. The fraction of sp³-hybridized carbons (Fsp3) is 0.185. The smallest absolute Gasteiger partial charge is 0.305 e. The number of hydrogen-bond donors (Lipinski definition) is 2. The van der Waals surface area contributed by atoms with E-state index in [0.29, 0.717) is 12.1 Å². The molecule has 3 aromatic rings. The summed E-state index contributed by atoms with van der Waals surface area (Å²) >= 11 is 0. The van der Waals surface area contributed by atoms with Gasteiger partial charge in [0.1, 0.15) is 0 Å². The molecule has 1 unspecified atom stereocenters. The number of carbonyl (C=O) groups excluding carboxylic acids is 4. The molecular weight excluding hydrogens is 480 g/mol. The van der Waals surface area contributed by atoms with Crippen LogP contribution in [0.5, 0.6) is 0 Å². The summed E-state index contributed by atoms with van der Waals surface area (Å²) in [4.78, 5) is 77.4. The van der Waals surface area contributed by atoms with Crippen molar-refractivity contribution < 1.29 is 39.0 Å². The number of benzene rings is 3. The van der Waals surface area contributed by atoms with Gasteiger partial charge >= 0.3 is 11.9 Å². The zero-order valence-corrected chi connectivity index (χ0v) is 19.6. The lowest BCUT2D eigenvalue weighted by Crippen LogP contribution is -2.47. The second kappa shape index (κ2) is 8.66. The van der Waals surface area contributed by atoms with Crippen LogP contribution in [0.4, 0.5) is 5.69 Å². The fourth-order valence-corrected chi connectivity index (χ4v) is 4.94. The number of aliphatic carboxylic acids is 2. The van der Waals surface area contributed by atoms with Gasteiger partial charge in [-0.3, -0.25) is 33.7 Å². The van der Waals surface area contributed by atoms with E-state index < -0.39 is 48.0 Å². The average Bonchev–Trinajstić information content (AvgIpc) is 2.85. The van der Waals surface area contributed by atoms with Crippen molar-refractivity contribution >= 4 is 52.0 Å². The molecule has 2 heterocycles. The quantitative estimate of drug-likeness (QED) is 0.470. The molecule has 5 rings (SSSR count). The molecule has 186 valence electrons. The molecule has 2 aliphatic heterocycles. The molecule has 0 saturated carbocycles. The summed E-state index contributed by atoms with van der Waals surface area (Å²) in [5.74, 6) is -4.71. The summed E-state index contributed by atoms with van der Waals surface area (Å²) in [5, 5.41) is 18.4. The van der Waals surface area contributed by atoms with E-state index in [1.165, 1.54) is 31.2 Å². The van der Waals surface area contributed by atoms with Crippen molar-refractivity contribution in [3.8, 4) is 0 Å². The predicted octanol–water partition coefficient (Wildman–Crippen LogP) is 3.12. The first-order chi connectivity index (χ1) is 17.6. The minimum atomic E-state index is -1.16. The summed E-state index contributed by atoms with van der Waals surface area (Å²) in [6.45, 7) is 1.47. The van der Waals surface area contributed by atoms with Crippen LogP contribution in [0.2, 0.25) is 0 Å². The predicted molar refractivity (Wildman–Crippen MR) is 130 cm³/mol. The molecule has 0 radical (unpaired) electrons. The van der Waals surface area contributed by atoms with Crippen LogP contribution in [0.1, 0.15) is 66.8 Å². The van der Waals surface area contributed by atoms with Gasteiger partial charge in [0.05, 0.1) is 12.1 Å². The van der Waals surface area contributed by atoms with Crippen LogP contribution in [-0.4, -0.2) is 56.7 Å². The van der Waals surface area contributed by atoms with Crippen molar-refractivity contribution in [2.45, 2.75) is 32.2 Å². The van der Waals surface area contributed by atoms with Crippen molar-refractivity contribution in [1.29, 1.82) is 0 Å². The Hall–Kier alpha value is -4.86. The van der Waals surface area contributed by atoms with Crippen LogP contribution in [-0.2, 0) is 16.0 Å². The lowest BCUT2D eigenvalue weighted by Gasteiger charge is -2.34. The van der Waals surface area contributed by atoms with Crippen LogP contribution in [0, 0.1) is 0 Å². The van der Waals surface area contributed by atoms with Crippen molar-refractivity contribution in [1.82, 2.24) is 4.90 Å². The number of anilines is 1. The third-order valence-corrected chi connectivity index (χ3v) is 6.66. The van der Waals surface area contributed by atoms with E-state index in [-0.39, 0.29) is 39.4 Å². The first kappa shape index (κ1) is 23.9. The van der Waals surface area contributed by atoms with Crippen molar-refractivity contribution in [2.75, 3.05) is 4.90 Å². The second-order valence-corrected chi connectivity index (χ2v) is 9.00. The Morgan fingerprint density at radius 2 is 1.16 bits per heavy atom. The molecule has 1 atom stereocenters. The number of nitrogens with zero attached hydrogens (tertiary/aromatic N) is 2. The number of amides is 4. The number of aryl methyl sites for hydroxylation is 1. The standard InChI is InChI=1S/C27H20N2O8/c1-13(12-21(32)33)28-24(34)16-7-9-18-23-19(10-8-17(22(16)23)25(28)35)27(37)29(26(18)36)15-5-2-14(3-6-15)4-11-20(30)31/h2-3,5-10,13H,4,11-12H2,1H3,(H,30,31)(H,32,33). The molecule has 0 aliphatic carbocycles. The van der Waals surface area contributed by atoms with E-state index in [4.69, 9.17) is 10.2 Å². The zero-order valence-electron chi connectivity index (χ0n) is 19.6.